The second-order valence-electron chi connectivity index (χ2n) is 7.14. The first-order valence-corrected chi connectivity index (χ1v) is 10.0. The van der Waals surface area contributed by atoms with Crippen LogP contribution in [0.4, 0.5) is 4.79 Å². The van der Waals surface area contributed by atoms with Crippen molar-refractivity contribution in [2.24, 2.45) is 5.92 Å². The molecule has 1 aromatic rings. The van der Waals surface area contributed by atoms with Gasteiger partial charge in [0.1, 0.15) is 17.4 Å². The first kappa shape index (κ1) is 22.9. The predicted octanol–water partition coefficient (Wildman–Crippen LogP) is 2.94. The zero-order valence-corrected chi connectivity index (χ0v) is 17.3. The van der Waals surface area contributed by atoms with Gasteiger partial charge in [-0.1, -0.05) is 31.9 Å². The molecule has 2 atom stereocenters. The van der Waals surface area contributed by atoms with E-state index in [1.54, 1.807) is 30.3 Å². The smallest absolute Gasteiger partial charge is 0.349 e. The maximum atomic E-state index is 12.1. The first-order chi connectivity index (χ1) is 14.4. The largest absolute Gasteiger partial charge is 0.494 e. The molecule has 8 nitrogen and oxygen atoms in total. The Bertz CT molecular complexity index is 826. The molecule has 2 N–H and O–H groups in total. The Hall–Kier alpha value is -3.34. The normalized spacial score (nSPS) is 18.6. The van der Waals surface area contributed by atoms with Crippen LogP contribution in [0, 0.1) is 17.2 Å². The summed E-state index contributed by atoms with van der Waals surface area (Å²) >= 11 is 0. The number of nitrogens with zero attached hydrogens (tertiary/aromatic N) is 1. The van der Waals surface area contributed by atoms with Gasteiger partial charge in [0.05, 0.1) is 6.61 Å². The summed E-state index contributed by atoms with van der Waals surface area (Å²) in [4.78, 5) is 35.9. The van der Waals surface area contributed by atoms with Crippen molar-refractivity contribution in [1.29, 1.82) is 5.26 Å². The van der Waals surface area contributed by atoms with Crippen molar-refractivity contribution in [3.63, 3.8) is 0 Å². The Morgan fingerprint density at radius 3 is 2.53 bits per heavy atom. The number of urea groups is 1. The molecule has 1 aromatic carbocycles. The quantitative estimate of drug-likeness (QED) is 0.403. The Morgan fingerprint density at radius 2 is 1.90 bits per heavy atom. The lowest BCUT2D eigenvalue weighted by molar-refractivity contribution is -0.144. The van der Waals surface area contributed by atoms with Gasteiger partial charge in [0, 0.05) is 6.04 Å². The number of hydrogen-bond acceptors (Lipinski definition) is 6. The molecule has 0 radical (unpaired) electrons. The lowest BCUT2D eigenvalue weighted by Crippen LogP contribution is -2.48. The Balaban J connectivity index is 1.82. The van der Waals surface area contributed by atoms with Crippen LogP contribution >= 0.6 is 0 Å². The molecule has 0 spiro atoms. The molecule has 0 aromatic heterocycles. The molecule has 0 heterocycles. The number of carbonyl (C=O) groups is 3. The summed E-state index contributed by atoms with van der Waals surface area (Å²) in [7, 11) is 0. The van der Waals surface area contributed by atoms with Crippen LogP contribution in [0.5, 0.6) is 5.75 Å². The van der Waals surface area contributed by atoms with Crippen molar-refractivity contribution in [1.82, 2.24) is 10.6 Å². The zero-order valence-electron chi connectivity index (χ0n) is 17.3. The maximum Gasteiger partial charge on any atom is 0.349 e. The van der Waals surface area contributed by atoms with E-state index in [1.165, 1.54) is 6.08 Å². The van der Waals surface area contributed by atoms with Gasteiger partial charge < -0.3 is 14.8 Å². The molecule has 0 saturated heterocycles. The van der Waals surface area contributed by atoms with E-state index in [4.69, 9.17) is 9.47 Å². The topological polar surface area (TPSA) is 118 Å². The fraction of sp³-hybridized carbons (Fsp3) is 0.455. The van der Waals surface area contributed by atoms with E-state index in [0.717, 1.165) is 25.7 Å². The summed E-state index contributed by atoms with van der Waals surface area (Å²) in [5.41, 5.74) is 0.352. The summed E-state index contributed by atoms with van der Waals surface area (Å²) in [6.07, 6.45) is 5.45. The fourth-order valence-corrected chi connectivity index (χ4v) is 3.24. The van der Waals surface area contributed by atoms with Crippen LogP contribution in [0.1, 0.15) is 45.1 Å². The van der Waals surface area contributed by atoms with E-state index < -0.39 is 24.5 Å². The van der Waals surface area contributed by atoms with Crippen LogP contribution in [-0.4, -0.2) is 37.2 Å². The average Bonchev–Trinajstić information content (AvgIpc) is 2.73. The molecule has 0 aliphatic heterocycles. The van der Waals surface area contributed by atoms with E-state index in [-0.39, 0.29) is 11.6 Å². The lowest BCUT2D eigenvalue weighted by atomic mass is 9.86. The molecule has 160 valence electrons. The van der Waals surface area contributed by atoms with Gasteiger partial charge in [-0.2, -0.15) is 5.26 Å². The number of esters is 1. The molecule has 1 saturated carbocycles. The Morgan fingerprint density at radius 1 is 1.20 bits per heavy atom. The van der Waals surface area contributed by atoms with Gasteiger partial charge in [0.25, 0.3) is 5.91 Å². The number of carbonyl (C=O) groups excluding carboxylic acids is 3. The number of hydrogen-bond donors (Lipinski definition) is 2. The third-order valence-corrected chi connectivity index (χ3v) is 4.86. The third kappa shape index (κ3) is 7.24. The van der Waals surface area contributed by atoms with Crippen molar-refractivity contribution in [2.75, 3.05) is 13.2 Å². The van der Waals surface area contributed by atoms with Crippen molar-refractivity contribution in [3.8, 4) is 11.8 Å². The molecular formula is C22H27N3O5. The number of nitriles is 1. The monoisotopic (exact) mass is 413 g/mol. The summed E-state index contributed by atoms with van der Waals surface area (Å²) in [6.45, 7) is 3.81. The number of imide groups is 1. The average molecular weight is 413 g/mol. The summed E-state index contributed by atoms with van der Waals surface area (Å²) in [5, 5.41) is 14.1. The highest BCUT2D eigenvalue weighted by Gasteiger charge is 2.23. The molecule has 2 rings (SSSR count). The van der Waals surface area contributed by atoms with Crippen LogP contribution < -0.4 is 15.4 Å². The van der Waals surface area contributed by atoms with Gasteiger partial charge >= 0.3 is 12.0 Å². The fourth-order valence-electron chi connectivity index (χ4n) is 3.24. The maximum absolute atomic E-state index is 12.1. The highest BCUT2D eigenvalue weighted by molar-refractivity contribution is 6.00. The molecule has 30 heavy (non-hydrogen) atoms. The highest BCUT2D eigenvalue weighted by Crippen LogP contribution is 2.23. The number of rotatable bonds is 7. The van der Waals surface area contributed by atoms with Crippen molar-refractivity contribution in [2.45, 2.75) is 45.6 Å². The number of ether oxygens (including phenoxy) is 2. The van der Waals surface area contributed by atoms with E-state index in [1.807, 2.05) is 6.92 Å². The van der Waals surface area contributed by atoms with Crippen LogP contribution in [0.2, 0.25) is 0 Å². The lowest BCUT2D eigenvalue weighted by Gasteiger charge is -2.29. The summed E-state index contributed by atoms with van der Waals surface area (Å²) < 4.78 is 10.2. The van der Waals surface area contributed by atoms with Crippen molar-refractivity contribution >= 4 is 24.0 Å². The number of amides is 3. The Kier molecular flexibility index (Phi) is 8.88. The second kappa shape index (κ2) is 11.6. The molecule has 3 amide bonds. The molecular weight excluding hydrogens is 386 g/mol. The van der Waals surface area contributed by atoms with E-state index >= 15 is 0 Å². The molecule has 0 bridgehead atoms. The van der Waals surface area contributed by atoms with Gasteiger partial charge in [-0.3, -0.25) is 10.1 Å². The third-order valence-electron chi connectivity index (χ3n) is 4.86. The summed E-state index contributed by atoms with van der Waals surface area (Å²) in [5.74, 6) is -0.679. The van der Waals surface area contributed by atoms with Gasteiger partial charge in [0.2, 0.25) is 0 Å². The van der Waals surface area contributed by atoms with Gasteiger partial charge in [-0.05, 0) is 49.5 Å². The molecule has 1 aliphatic carbocycles. The highest BCUT2D eigenvalue weighted by atomic mass is 16.5. The van der Waals surface area contributed by atoms with Crippen LogP contribution in [-0.2, 0) is 14.3 Å². The zero-order chi connectivity index (χ0) is 21.9. The predicted molar refractivity (Wildman–Crippen MR) is 110 cm³/mol. The van der Waals surface area contributed by atoms with Crippen LogP contribution in [0.15, 0.2) is 29.8 Å². The SMILES string of the molecule is CCOc1ccc(/C=C(\C#N)C(=O)OCC(=O)NC(=O)N[C@@H]2CCCC[C@@H]2C)cc1. The van der Waals surface area contributed by atoms with Gasteiger partial charge in [-0.15, -0.1) is 0 Å². The molecule has 1 aliphatic rings. The Labute approximate surface area is 176 Å². The second-order valence-corrected chi connectivity index (χ2v) is 7.14. The minimum absolute atomic E-state index is 0.0244. The number of benzene rings is 1. The van der Waals surface area contributed by atoms with Crippen LogP contribution in [0.3, 0.4) is 0 Å². The minimum atomic E-state index is -0.942. The first-order valence-electron chi connectivity index (χ1n) is 10.0. The molecule has 0 unspecified atom stereocenters. The standard InChI is InChI=1S/C22H27N3O5/c1-3-29-18-10-8-16(9-11-18)12-17(13-23)21(27)30-14-20(26)25-22(28)24-19-7-5-4-6-15(19)2/h8-12,15,19H,3-7,14H2,1-2H3,(H2,24,25,26,28)/b17-12+/t15-,19+/m0/s1. The molecule has 1 fully saturated rings. The minimum Gasteiger partial charge on any atom is -0.494 e. The van der Waals surface area contributed by atoms with Crippen LogP contribution in [0.25, 0.3) is 6.08 Å². The molecule has 8 heteroatoms. The van der Waals surface area contributed by atoms with Gasteiger partial charge in [0.15, 0.2) is 6.61 Å². The van der Waals surface area contributed by atoms with Crippen molar-refractivity contribution < 1.29 is 23.9 Å². The number of nitrogens with one attached hydrogen (secondary N) is 2. The van der Waals surface area contributed by atoms with Gasteiger partial charge in [-0.25, -0.2) is 9.59 Å². The van der Waals surface area contributed by atoms with E-state index in [0.29, 0.717) is 23.8 Å². The van der Waals surface area contributed by atoms with Crippen molar-refractivity contribution in [3.05, 3.63) is 35.4 Å². The van der Waals surface area contributed by atoms with E-state index in [9.17, 15) is 19.6 Å². The van der Waals surface area contributed by atoms with E-state index in [2.05, 4.69) is 17.6 Å². The summed E-state index contributed by atoms with van der Waals surface area (Å²) in [6, 6.07) is 7.99.